The van der Waals surface area contributed by atoms with Crippen molar-refractivity contribution in [3.8, 4) is 0 Å². The van der Waals surface area contributed by atoms with Crippen LogP contribution in [-0.2, 0) is 30.3 Å². The summed E-state index contributed by atoms with van der Waals surface area (Å²) in [6, 6.07) is 19.5. The second-order valence-electron chi connectivity index (χ2n) is 6.71. The van der Waals surface area contributed by atoms with Gasteiger partial charge in [0.05, 0.1) is 13.2 Å². The van der Waals surface area contributed by atoms with Gasteiger partial charge in [0.15, 0.2) is 12.6 Å². The molecule has 2 fully saturated rings. The number of aliphatic hydroxyl groups is 1. The Labute approximate surface area is 158 Å². The second-order valence-corrected chi connectivity index (χ2v) is 6.71. The van der Waals surface area contributed by atoms with E-state index in [1.54, 1.807) is 0 Å². The Morgan fingerprint density at radius 2 is 1.70 bits per heavy atom. The molecule has 0 aromatic heterocycles. The predicted octanol–water partition coefficient (Wildman–Crippen LogP) is 2.42. The smallest absolute Gasteiger partial charge is 0.186 e. The molecule has 2 heterocycles. The minimum Gasteiger partial charge on any atom is -0.385 e. The molecule has 2 aliphatic rings. The van der Waals surface area contributed by atoms with Crippen molar-refractivity contribution in [1.82, 2.24) is 0 Å². The zero-order chi connectivity index (χ0) is 18.6. The fourth-order valence-electron chi connectivity index (χ4n) is 3.49. The van der Waals surface area contributed by atoms with Crippen molar-refractivity contribution in [2.75, 3.05) is 13.7 Å². The van der Waals surface area contributed by atoms with Crippen LogP contribution in [-0.4, -0.2) is 49.5 Å². The minimum absolute atomic E-state index is 0.335. The van der Waals surface area contributed by atoms with Crippen LogP contribution in [0.1, 0.15) is 17.4 Å². The summed E-state index contributed by atoms with van der Waals surface area (Å²) in [5.74, 6) is 0. The lowest BCUT2D eigenvalue weighted by Gasteiger charge is -2.47. The summed E-state index contributed by atoms with van der Waals surface area (Å²) in [6.07, 6.45) is -3.70. The fourth-order valence-corrected chi connectivity index (χ4v) is 3.49. The third-order valence-electron chi connectivity index (χ3n) is 4.90. The van der Waals surface area contributed by atoms with Gasteiger partial charge in [-0.25, -0.2) is 0 Å². The Morgan fingerprint density at radius 1 is 1.00 bits per heavy atom. The van der Waals surface area contributed by atoms with Gasteiger partial charge in [-0.1, -0.05) is 60.7 Å². The first-order chi connectivity index (χ1) is 13.3. The summed E-state index contributed by atoms with van der Waals surface area (Å²) in [5, 5.41) is 10.7. The molecule has 6 atom stereocenters. The molecule has 1 N–H and O–H groups in total. The largest absolute Gasteiger partial charge is 0.385 e. The number of rotatable bonds is 5. The molecule has 0 saturated carbocycles. The van der Waals surface area contributed by atoms with E-state index in [1.807, 2.05) is 60.7 Å². The lowest BCUT2D eigenvalue weighted by molar-refractivity contribution is -0.363. The van der Waals surface area contributed by atoms with Crippen LogP contribution in [0.15, 0.2) is 60.7 Å². The van der Waals surface area contributed by atoms with E-state index in [4.69, 9.17) is 23.7 Å². The summed E-state index contributed by atoms with van der Waals surface area (Å²) in [5.41, 5.74) is 1.94. The van der Waals surface area contributed by atoms with E-state index in [2.05, 4.69) is 0 Å². The third-order valence-corrected chi connectivity index (χ3v) is 4.90. The average molecular weight is 372 g/mol. The molecule has 0 radical (unpaired) electrons. The lowest BCUT2D eigenvalue weighted by atomic mass is 9.97. The third kappa shape index (κ3) is 4.06. The summed E-state index contributed by atoms with van der Waals surface area (Å²) < 4.78 is 29.2. The topological polar surface area (TPSA) is 66.4 Å². The van der Waals surface area contributed by atoms with Gasteiger partial charge in [-0.2, -0.15) is 0 Å². The number of methoxy groups -OCH3 is 1. The Morgan fingerprint density at radius 3 is 2.41 bits per heavy atom. The first-order valence-electron chi connectivity index (χ1n) is 9.10. The summed E-state index contributed by atoms with van der Waals surface area (Å²) >= 11 is 0. The highest BCUT2D eigenvalue weighted by Gasteiger charge is 2.50. The highest BCUT2D eigenvalue weighted by molar-refractivity contribution is 5.17. The summed E-state index contributed by atoms with van der Waals surface area (Å²) in [7, 11) is 1.50. The molecule has 2 aliphatic heterocycles. The van der Waals surface area contributed by atoms with E-state index in [9.17, 15) is 5.11 Å². The van der Waals surface area contributed by atoms with Crippen LogP contribution in [0.5, 0.6) is 0 Å². The van der Waals surface area contributed by atoms with Crippen LogP contribution in [0.2, 0.25) is 0 Å². The van der Waals surface area contributed by atoms with Crippen LogP contribution in [0.3, 0.4) is 0 Å². The van der Waals surface area contributed by atoms with Gasteiger partial charge in [-0.15, -0.1) is 0 Å². The molecule has 0 bridgehead atoms. The van der Waals surface area contributed by atoms with Gasteiger partial charge in [0.25, 0.3) is 0 Å². The van der Waals surface area contributed by atoms with Crippen LogP contribution >= 0.6 is 0 Å². The molecule has 2 saturated heterocycles. The molecule has 2 aromatic rings. The Balaban J connectivity index is 1.51. The van der Waals surface area contributed by atoms with Gasteiger partial charge >= 0.3 is 0 Å². The maximum Gasteiger partial charge on any atom is 0.186 e. The highest BCUT2D eigenvalue weighted by atomic mass is 16.8. The van der Waals surface area contributed by atoms with E-state index in [0.29, 0.717) is 13.2 Å². The van der Waals surface area contributed by atoms with E-state index in [0.717, 1.165) is 11.1 Å². The first kappa shape index (κ1) is 18.6. The van der Waals surface area contributed by atoms with E-state index in [-0.39, 0.29) is 6.10 Å². The van der Waals surface area contributed by atoms with Crippen molar-refractivity contribution in [2.24, 2.45) is 0 Å². The number of benzene rings is 2. The van der Waals surface area contributed by atoms with Crippen molar-refractivity contribution < 1.29 is 28.8 Å². The molecule has 0 amide bonds. The summed E-state index contributed by atoms with van der Waals surface area (Å²) in [6.45, 7) is 0.699. The maximum absolute atomic E-state index is 10.7. The summed E-state index contributed by atoms with van der Waals surface area (Å²) in [4.78, 5) is 0. The molecule has 2 aromatic carbocycles. The maximum atomic E-state index is 10.7. The number of ether oxygens (including phenoxy) is 5. The zero-order valence-electron chi connectivity index (χ0n) is 15.1. The Hall–Kier alpha value is -1.80. The number of hydrogen-bond acceptors (Lipinski definition) is 6. The van der Waals surface area contributed by atoms with Gasteiger partial charge in [-0.05, 0) is 5.56 Å². The van der Waals surface area contributed by atoms with Gasteiger partial charge < -0.3 is 28.8 Å². The fraction of sp³-hybridized carbons (Fsp3) is 0.429. The second kappa shape index (κ2) is 8.48. The molecule has 6 nitrogen and oxygen atoms in total. The van der Waals surface area contributed by atoms with Gasteiger partial charge in [0.1, 0.15) is 24.4 Å². The monoisotopic (exact) mass is 372 g/mol. The van der Waals surface area contributed by atoms with Crippen LogP contribution in [0, 0.1) is 0 Å². The van der Waals surface area contributed by atoms with E-state index in [1.165, 1.54) is 7.11 Å². The van der Waals surface area contributed by atoms with E-state index >= 15 is 0 Å². The molecule has 27 heavy (non-hydrogen) atoms. The number of hydrogen-bond donors (Lipinski definition) is 1. The van der Waals surface area contributed by atoms with Gasteiger partial charge in [0.2, 0.25) is 0 Å². The van der Waals surface area contributed by atoms with Crippen molar-refractivity contribution in [1.29, 1.82) is 0 Å². The Bertz CT molecular complexity index is 709. The van der Waals surface area contributed by atoms with Crippen LogP contribution < -0.4 is 0 Å². The predicted molar refractivity (Wildman–Crippen MR) is 96.7 cm³/mol. The molecule has 1 unspecified atom stereocenters. The number of aliphatic hydroxyl groups excluding tert-OH is 1. The standard InChI is InChI=1S/C21H24O6/c1-23-21-17(22)19(24-12-14-8-4-2-5-9-14)18-16(26-21)13-25-20(27-18)15-10-6-3-7-11-15/h2-11,16-22H,12-13H2,1H3/t16-,17+,18+,19+,20?,21-/m1/s1. The van der Waals surface area contributed by atoms with Gasteiger partial charge in [0, 0.05) is 12.7 Å². The van der Waals surface area contributed by atoms with Gasteiger partial charge in [-0.3, -0.25) is 0 Å². The van der Waals surface area contributed by atoms with Crippen LogP contribution in [0.4, 0.5) is 0 Å². The van der Waals surface area contributed by atoms with Crippen molar-refractivity contribution in [2.45, 2.75) is 43.6 Å². The highest BCUT2D eigenvalue weighted by Crippen LogP contribution is 2.35. The molecule has 144 valence electrons. The number of fused-ring (bicyclic) bond motifs is 1. The Kier molecular flexibility index (Phi) is 5.83. The molecule has 0 aliphatic carbocycles. The molecular formula is C21H24O6. The zero-order valence-corrected chi connectivity index (χ0v) is 15.1. The van der Waals surface area contributed by atoms with Crippen LogP contribution in [0.25, 0.3) is 0 Å². The quantitative estimate of drug-likeness (QED) is 0.870. The van der Waals surface area contributed by atoms with Crippen molar-refractivity contribution in [3.63, 3.8) is 0 Å². The molecule has 6 heteroatoms. The first-order valence-corrected chi connectivity index (χ1v) is 9.10. The normalized spacial score (nSPS) is 33.4. The molecular weight excluding hydrogens is 348 g/mol. The van der Waals surface area contributed by atoms with Crippen molar-refractivity contribution in [3.05, 3.63) is 71.8 Å². The molecule has 0 spiro atoms. The SMILES string of the molecule is CO[C@@H]1O[C@@H]2COC(c3ccccc3)O[C@@H]2[C@@H](OCc2ccccc2)[C@@H]1O. The van der Waals surface area contributed by atoms with Crippen molar-refractivity contribution >= 4 is 0 Å². The molecule has 4 rings (SSSR count). The minimum atomic E-state index is -0.963. The lowest BCUT2D eigenvalue weighted by Crippen LogP contribution is -2.62. The van der Waals surface area contributed by atoms with E-state index < -0.39 is 30.9 Å². The average Bonchev–Trinajstić information content (AvgIpc) is 2.74.